The quantitative estimate of drug-likeness (QED) is 0.407. The van der Waals surface area contributed by atoms with E-state index in [0.29, 0.717) is 24.5 Å². The molecule has 1 aliphatic heterocycles. The second-order valence-electron chi connectivity index (χ2n) is 6.27. The van der Waals surface area contributed by atoms with Gasteiger partial charge in [-0.05, 0) is 29.8 Å². The number of rotatable bonds is 5. The molecular weight excluding hydrogens is 358 g/mol. The third kappa shape index (κ3) is 4.06. The number of ether oxygens (including phenoxy) is 2. The highest BCUT2D eigenvalue weighted by Crippen LogP contribution is 2.28. The molecule has 28 heavy (non-hydrogen) atoms. The number of hydrazine groups is 1. The monoisotopic (exact) mass is 379 g/mol. The molecule has 5 N–H and O–H groups in total. The van der Waals surface area contributed by atoms with Gasteiger partial charge in [0.2, 0.25) is 0 Å². The van der Waals surface area contributed by atoms with E-state index in [-0.39, 0.29) is 23.9 Å². The first-order valence-electron chi connectivity index (χ1n) is 8.59. The molecule has 0 unspecified atom stereocenters. The lowest BCUT2D eigenvalue weighted by molar-refractivity contribution is -0.122. The molecule has 0 atom stereocenters. The summed E-state index contributed by atoms with van der Waals surface area (Å²) in [5.41, 5.74) is 11.9. The minimum atomic E-state index is -0.0846. The Balaban J connectivity index is 1.76. The van der Waals surface area contributed by atoms with E-state index in [9.17, 15) is 4.79 Å². The van der Waals surface area contributed by atoms with Gasteiger partial charge in [-0.2, -0.15) is 5.26 Å². The molecule has 0 aliphatic carbocycles. The van der Waals surface area contributed by atoms with E-state index >= 15 is 0 Å². The normalized spacial score (nSPS) is 14.5. The lowest BCUT2D eigenvalue weighted by atomic mass is 10.1. The first kappa shape index (κ1) is 19.2. The van der Waals surface area contributed by atoms with Crippen LogP contribution in [0, 0.1) is 11.3 Å². The molecule has 0 saturated carbocycles. The maximum Gasteiger partial charge on any atom is 0.252 e. The molecule has 0 spiro atoms. The van der Waals surface area contributed by atoms with Crippen molar-refractivity contribution in [2.75, 3.05) is 18.6 Å². The van der Waals surface area contributed by atoms with Gasteiger partial charge in [-0.1, -0.05) is 18.2 Å². The van der Waals surface area contributed by atoms with Crippen LogP contribution in [0.15, 0.2) is 48.2 Å². The van der Waals surface area contributed by atoms with Gasteiger partial charge in [0.25, 0.3) is 5.91 Å². The number of nitrogens with two attached hydrogens (primary N) is 2. The van der Waals surface area contributed by atoms with E-state index < -0.39 is 0 Å². The largest absolute Gasteiger partial charge is 0.489 e. The molecule has 8 heteroatoms. The number of nitrogens with zero attached hydrogens (tertiary/aromatic N) is 2. The Morgan fingerprint density at radius 2 is 2.14 bits per heavy atom. The van der Waals surface area contributed by atoms with E-state index in [0.717, 1.165) is 16.8 Å². The van der Waals surface area contributed by atoms with Crippen LogP contribution in [0.2, 0.25) is 0 Å². The van der Waals surface area contributed by atoms with Gasteiger partial charge in [0, 0.05) is 23.9 Å². The number of nitrogens with one attached hydrogen (secondary N) is 1. The maximum absolute atomic E-state index is 11.9. The van der Waals surface area contributed by atoms with E-state index in [1.54, 1.807) is 18.0 Å². The lowest BCUT2D eigenvalue weighted by Gasteiger charge is -2.17. The third-order valence-corrected chi connectivity index (χ3v) is 4.44. The zero-order valence-electron chi connectivity index (χ0n) is 15.4. The molecular formula is C20H21N5O3. The number of hydrogen-bond donors (Lipinski definition) is 3. The van der Waals surface area contributed by atoms with E-state index in [1.165, 1.54) is 0 Å². The van der Waals surface area contributed by atoms with Gasteiger partial charge in [0.05, 0.1) is 12.3 Å². The Morgan fingerprint density at radius 3 is 2.89 bits per heavy atom. The number of benzene rings is 2. The van der Waals surface area contributed by atoms with Crippen LogP contribution in [0.25, 0.3) is 5.70 Å². The number of allylic oxidation sites excluding steroid dienone is 1. The van der Waals surface area contributed by atoms with Crippen molar-refractivity contribution in [1.82, 2.24) is 5.43 Å². The molecule has 1 heterocycles. The van der Waals surface area contributed by atoms with Crippen molar-refractivity contribution in [3.05, 3.63) is 64.9 Å². The summed E-state index contributed by atoms with van der Waals surface area (Å²) in [7, 11) is 1.73. The number of carbonyl (C=O) groups excluding carboxylic acids is 1. The van der Waals surface area contributed by atoms with Crippen molar-refractivity contribution >= 4 is 17.3 Å². The third-order valence-electron chi connectivity index (χ3n) is 4.44. The summed E-state index contributed by atoms with van der Waals surface area (Å²) >= 11 is 0. The maximum atomic E-state index is 11.9. The number of hydrogen-bond acceptors (Lipinski definition) is 7. The van der Waals surface area contributed by atoms with Gasteiger partial charge in [-0.25, -0.2) is 5.84 Å². The number of likely N-dealkylation sites (N-methyl/N-ethyl adjacent to an activating group) is 1. The summed E-state index contributed by atoms with van der Waals surface area (Å²) in [5.74, 6) is 5.89. The predicted octanol–water partition coefficient (Wildman–Crippen LogP) is 1.37. The van der Waals surface area contributed by atoms with E-state index in [2.05, 4.69) is 5.43 Å². The molecule has 3 rings (SSSR count). The lowest BCUT2D eigenvalue weighted by Crippen LogP contribution is -2.28. The number of carbonyl (C=O) groups is 1. The summed E-state index contributed by atoms with van der Waals surface area (Å²) in [5, 5.41) is 9.04. The Bertz CT molecular complexity index is 965. The second-order valence-corrected chi connectivity index (χ2v) is 6.27. The van der Waals surface area contributed by atoms with Crippen LogP contribution >= 0.6 is 0 Å². The van der Waals surface area contributed by atoms with Crippen molar-refractivity contribution < 1.29 is 14.3 Å². The van der Waals surface area contributed by atoms with Gasteiger partial charge >= 0.3 is 0 Å². The number of anilines is 1. The van der Waals surface area contributed by atoms with Crippen LogP contribution in [0.4, 0.5) is 5.69 Å². The van der Waals surface area contributed by atoms with Gasteiger partial charge < -0.3 is 25.5 Å². The van der Waals surface area contributed by atoms with Gasteiger partial charge in [0.1, 0.15) is 25.0 Å². The van der Waals surface area contributed by atoms with Crippen LogP contribution in [0.3, 0.4) is 0 Å². The fraction of sp³-hybridized carbons (Fsp3) is 0.200. The highest BCUT2D eigenvalue weighted by atomic mass is 16.5. The summed E-state index contributed by atoms with van der Waals surface area (Å²) in [6.45, 7) is 0.724. The van der Waals surface area contributed by atoms with E-state index in [4.69, 9.17) is 26.3 Å². The molecule has 0 fully saturated rings. The zero-order valence-corrected chi connectivity index (χ0v) is 15.4. The molecule has 0 bridgehead atoms. The molecule has 2 aromatic carbocycles. The summed E-state index contributed by atoms with van der Waals surface area (Å²) in [6, 6.07) is 14.8. The molecule has 8 nitrogen and oxygen atoms in total. The molecule has 144 valence electrons. The molecule has 1 amide bonds. The number of nitriles is 1. The highest BCUT2D eigenvalue weighted by molar-refractivity contribution is 5.95. The Labute approximate surface area is 162 Å². The van der Waals surface area contributed by atoms with Crippen molar-refractivity contribution in [3.63, 3.8) is 0 Å². The molecule has 0 aromatic heterocycles. The van der Waals surface area contributed by atoms with Crippen molar-refractivity contribution in [2.24, 2.45) is 11.6 Å². The minimum absolute atomic E-state index is 0.0610. The molecule has 0 radical (unpaired) electrons. The van der Waals surface area contributed by atoms with Crippen LogP contribution in [-0.4, -0.2) is 19.6 Å². The van der Waals surface area contributed by atoms with Crippen molar-refractivity contribution in [3.8, 4) is 11.8 Å². The fourth-order valence-electron chi connectivity index (χ4n) is 2.88. The highest BCUT2D eigenvalue weighted by Gasteiger charge is 2.19. The number of fused-ring (bicyclic) bond motifs is 1. The smallest absolute Gasteiger partial charge is 0.252 e. The van der Waals surface area contributed by atoms with Crippen LogP contribution in [-0.2, 0) is 22.7 Å². The Morgan fingerprint density at radius 1 is 1.32 bits per heavy atom. The average molecular weight is 379 g/mol. The predicted molar refractivity (Wildman–Crippen MR) is 104 cm³/mol. The van der Waals surface area contributed by atoms with Crippen LogP contribution in [0.1, 0.15) is 16.7 Å². The summed E-state index contributed by atoms with van der Waals surface area (Å²) in [4.78, 5) is 13.5. The van der Waals surface area contributed by atoms with Crippen LogP contribution < -0.4 is 26.6 Å². The first-order valence-corrected chi connectivity index (χ1v) is 8.59. The van der Waals surface area contributed by atoms with Crippen LogP contribution in [0.5, 0.6) is 5.75 Å². The molecule has 1 aliphatic rings. The summed E-state index contributed by atoms with van der Waals surface area (Å²) in [6.07, 6.45) is 0. The van der Waals surface area contributed by atoms with Gasteiger partial charge in [0.15, 0.2) is 5.70 Å². The Kier molecular flexibility index (Phi) is 5.79. The second kappa shape index (κ2) is 8.43. The average Bonchev–Trinajstić information content (AvgIpc) is 2.86. The molecule has 0 saturated heterocycles. The molecule has 2 aromatic rings. The SMILES string of the molecule is CN1C(=O)COCc2cc(OCc3cccc(/C(N)=C(\C#N)NN)c3)ccc21. The van der Waals surface area contributed by atoms with Crippen molar-refractivity contribution in [1.29, 1.82) is 5.26 Å². The first-order chi connectivity index (χ1) is 13.5. The standard InChI is InChI=1S/C20H21N5O3/c1-25-18-6-5-16(8-15(18)11-27-12-19(25)26)28-10-13-3-2-4-14(7-13)20(22)17(9-21)24-23/h2-8,24H,10-12,22-23H2,1H3/b20-17-. The Hall–Kier alpha value is -3.54. The summed E-state index contributed by atoms with van der Waals surface area (Å²) < 4.78 is 11.3. The van der Waals surface area contributed by atoms with Gasteiger partial charge in [-0.3, -0.25) is 4.79 Å². The van der Waals surface area contributed by atoms with Gasteiger partial charge in [-0.15, -0.1) is 0 Å². The topological polar surface area (TPSA) is 127 Å². The zero-order chi connectivity index (χ0) is 20.1. The van der Waals surface area contributed by atoms with Crippen molar-refractivity contribution in [2.45, 2.75) is 13.2 Å². The minimum Gasteiger partial charge on any atom is -0.489 e. The fourth-order valence-corrected chi connectivity index (χ4v) is 2.88. The van der Waals surface area contributed by atoms with E-state index in [1.807, 2.05) is 42.5 Å². The number of amides is 1.